The van der Waals surface area contributed by atoms with Gasteiger partial charge in [0.25, 0.3) is 8.48 Å². The van der Waals surface area contributed by atoms with Gasteiger partial charge in [-0.2, -0.15) is 0 Å². The molecule has 2 aliphatic rings. The topological polar surface area (TPSA) is 21.3 Å². The third kappa shape index (κ3) is 3.81. The molecule has 3 atom stereocenters. The van der Waals surface area contributed by atoms with Crippen LogP contribution in [0.1, 0.15) is 59.3 Å². The Labute approximate surface area is 114 Å². The minimum absolute atomic E-state index is 0.166. The first-order chi connectivity index (χ1) is 8.27. The molecule has 0 aromatic rings. The van der Waals surface area contributed by atoms with Crippen LogP contribution in [0.25, 0.3) is 0 Å². The van der Waals surface area contributed by atoms with Gasteiger partial charge in [0, 0.05) is 11.6 Å². The quantitative estimate of drug-likeness (QED) is 0.780. The van der Waals surface area contributed by atoms with E-state index in [1.54, 1.807) is 0 Å². The van der Waals surface area contributed by atoms with Crippen LogP contribution in [0.2, 0.25) is 13.1 Å². The normalized spacial score (nSPS) is 33.5. The average Bonchev–Trinajstić information content (AvgIpc) is 2.61. The van der Waals surface area contributed by atoms with E-state index < -0.39 is 8.48 Å². The zero-order valence-electron chi connectivity index (χ0n) is 12.9. The van der Waals surface area contributed by atoms with Crippen LogP contribution in [0.15, 0.2) is 0 Å². The molecule has 0 radical (unpaired) electrons. The molecule has 0 aromatic carbocycles. The van der Waals surface area contributed by atoms with E-state index in [-0.39, 0.29) is 5.54 Å². The molecule has 2 rings (SSSR count). The number of rotatable bonds is 3. The Morgan fingerprint density at radius 2 is 1.61 bits per heavy atom. The first-order valence-electron chi connectivity index (χ1n) is 7.74. The molecule has 0 saturated heterocycles. The molecule has 2 fully saturated rings. The van der Waals surface area contributed by atoms with Crippen molar-refractivity contribution < 1.29 is 4.43 Å². The molecular formula is C15H31NOSi. The van der Waals surface area contributed by atoms with E-state index in [2.05, 4.69) is 38.8 Å². The van der Waals surface area contributed by atoms with E-state index in [1.807, 2.05) is 0 Å². The summed E-state index contributed by atoms with van der Waals surface area (Å²) in [5.41, 5.74) is 0.166. The fourth-order valence-corrected chi connectivity index (χ4v) is 7.08. The predicted octanol–water partition coefficient (Wildman–Crippen LogP) is 4.06. The van der Waals surface area contributed by atoms with Gasteiger partial charge in [-0.15, -0.1) is 0 Å². The highest BCUT2D eigenvalue weighted by atomic mass is 28.4. The highest BCUT2D eigenvalue weighted by Crippen LogP contribution is 2.44. The molecule has 2 nitrogen and oxygen atoms in total. The third-order valence-corrected chi connectivity index (χ3v) is 6.63. The van der Waals surface area contributed by atoms with Crippen molar-refractivity contribution in [1.82, 2.24) is 4.98 Å². The summed E-state index contributed by atoms with van der Waals surface area (Å²) in [7, 11) is -1.74. The van der Waals surface area contributed by atoms with Gasteiger partial charge >= 0.3 is 0 Å². The van der Waals surface area contributed by atoms with Crippen molar-refractivity contribution in [3.63, 3.8) is 0 Å². The molecule has 2 saturated carbocycles. The predicted molar refractivity (Wildman–Crippen MR) is 79.9 cm³/mol. The molecule has 106 valence electrons. The summed E-state index contributed by atoms with van der Waals surface area (Å²) in [6.07, 6.45) is 8.98. The first kappa shape index (κ1) is 14.5. The molecule has 0 heterocycles. The first-order valence-corrected chi connectivity index (χ1v) is 10.6. The smallest absolute Gasteiger partial charge is 0.263 e. The third-order valence-electron chi connectivity index (χ3n) is 4.38. The van der Waals surface area contributed by atoms with Crippen molar-refractivity contribution in [1.29, 1.82) is 0 Å². The fourth-order valence-electron chi connectivity index (χ4n) is 4.17. The molecule has 0 bridgehead atoms. The lowest BCUT2D eigenvalue weighted by molar-refractivity contribution is 0.0569. The van der Waals surface area contributed by atoms with Crippen molar-refractivity contribution in [3.8, 4) is 0 Å². The monoisotopic (exact) mass is 269 g/mol. The zero-order chi connectivity index (χ0) is 13.4. The SMILES string of the molecule is CC(C)(C)N[Si](C)(C)OC1CCCC2CCCC21. The van der Waals surface area contributed by atoms with Gasteiger partial charge in [-0.3, -0.25) is 0 Å². The summed E-state index contributed by atoms with van der Waals surface area (Å²) in [5.74, 6) is 1.84. The molecule has 3 heteroatoms. The number of hydrogen-bond donors (Lipinski definition) is 1. The van der Waals surface area contributed by atoms with Gasteiger partial charge in [0.1, 0.15) is 0 Å². The molecule has 0 spiro atoms. The second-order valence-electron chi connectivity index (χ2n) is 7.83. The Morgan fingerprint density at radius 3 is 2.22 bits per heavy atom. The molecule has 0 aromatic heterocycles. The van der Waals surface area contributed by atoms with Gasteiger partial charge in [0.05, 0.1) is 0 Å². The van der Waals surface area contributed by atoms with Gasteiger partial charge in [0.2, 0.25) is 0 Å². The summed E-state index contributed by atoms with van der Waals surface area (Å²) in [6, 6.07) is 0. The summed E-state index contributed by atoms with van der Waals surface area (Å²) in [6.45, 7) is 11.4. The number of hydrogen-bond acceptors (Lipinski definition) is 2. The number of nitrogens with one attached hydrogen (secondary N) is 1. The van der Waals surface area contributed by atoms with Crippen LogP contribution < -0.4 is 4.98 Å². The maximum atomic E-state index is 6.60. The summed E-state index contributed by atoms with van der Waals surface area (Å²) in [4.78, 5) is 3.74. The second kappa shape index (κ2) is 5.26. The molecule has 2 aliphatic carbocycles. The largest absolute Gasteiger partial charge is 0.400 e. The zero-order valence-corrected chi connectivity index (χ0v) is 13.9. The summed E-state index contributed by atoms with van der Waals surface area (Å²) in [5, 5.41) is 0. The van der Waals surface area contributed by atoms with Crippen LogP contribution in [-0.4, -0.2) is 20.1 Å². The number of fused-ring (bicyclic) bond motifs is 1. The lowest BCUT2D eigenvalue weighted by Crippen LogP contribution is -2.58. The molecule has 0 amide bonds. The Bertz CT molecular complexity index is 285. The van der Waals surface area contributed by atoms with Crippen molar-refractivity contribution in [2.45, 2.75) is 84.0 Å². The van der Waals surface area contributed by atoms with E-state index in [0.29, 0.717) is 6.10 Å². The maximum Gasteiger partial charge on any atom is 0.263 e. The highest BCUT2D eigenvalue weighted by Gasteiger charge is 2.40. The van der Waals surface area contributed by atoms with Gasteiger partial charge in [-0.05, 0) is 65.0 Å². The van der Waals surface area contributed by atoms with Crippen LogP contribution in [0.4, 0.5) is 0 Å². The van der Waals surface area contributed by atoms with Crippen LogP contribution in [0.3, 0.4) is 0 Å². The highest BCUT2D eigenvalue weighted by molar-refractivity contribution is 6.68. The maximum absolute atomic E-state index is 6.60. The molecule has 3 unspecified atom stereocenters. The van der Waals surface area contributed by atoms with Crippen LogP contribution in [-0.2, 0) is 4.43 Å². The van der Waals surface area contributed by atoms with Crippen molar-refractivity contribution in [2.24, 2.45) is 11.8 Å². The van der Waals surface area contributed by atoms with E-state index in [0.717, 1.165) is 11.8 Å². The van der Waals surface area contributed by atoms with Crippen molar-refractivity contribution in [3.05, 3.63) is 0 Å². The molecule has 1 N–H and O–H groups in total. The van der Waals surface area contributed by atoms with Crippen molar-refractivity contribution in [2.75, 3.05) is 0 Å². The van der Waals surface area contributed by atoms with Crippen LogP contribution in [0.5, 0.6) is 0 Å². The second-order valence-corrected chi connectivity index (χ2v) is 11.3. The van der Waals surface area contributed by atoms with Gasteiger partial charge in [0.15, 0.2) is 0 Å². The Kier molecular flexibility index (Phi) is 4.25. The Morgan fingerprint density at radius 1 is 1.00 bits per heavy atom. The molecule has 18 heavy (non-hydrogen) atoms. The fraction of sp³-hybridized carbons (Fsp3) is 1.00. The van der Waals surface area contributed by atoms with Gasteiger partial charge in [-0.1, -0.05) is 19.3 Å². The Balaban J connectivity index is 1.95. The van der Waals surface area contributed by atoms with E-state index in [9.17, 15) is 0 Å². The lowest BCUT2D eigenvalue weighted by Gasteiger charge is -2.41. The summed E-state index contributed by atoms with van der Waals surface area (Å²) >= 11 is 0. The molecular weight excluding hydrogens is 238 g/mol. The summed E-state index contributed by atoms with van der Waals surface area (Å²) < 4.78 is 6.60. The average molecular weight is 270 g/mol. The standard InChI is InChI=1S/C15H31NOSi/c1-15(2,3)16-18(4,5)17-14-11-7-9-12-8-6-10-13(12)14/h12-14,16H,6-11H2,1-5H3. The minimum Gasteiger partial charge on any atom is -0.400 e. The van der Waals surface area contributed by atoms with E-state index in [1.165, 1.54) is 38.5 Å². The van der Waals surface area contributed by atoms with Crippen LogP contribution >= 0.6 is 0 Å². The van der Waals surface area contributed by atoms with Crippen LogP contribution in [0, 0.1) is 11.8 Å². The molecule has 0 aliphatic heterocycles. The van der Waals surface area contributed by atoms with Crippen molar-refractivity contribution >= 4 is 8.48 Å². The van der Waals surface area contributed by atoms with E-state index >= 15 is 0 Å². The van der Waals surface area contributed by atoms with Gasteiger partial charge in [-0.25, -0.2) is 0 Å². The lowest BCUT2D eigenvalue weighted by atomic mass is 9.80. The minimum atomic E-state index is -1.74. The van der Waals surface area contributed by atoms with E-state index in [4.69, 9.17) is 4.43 Å². The Hall–Kier alpha value is 0.137. The van der Waals surface area contributed by atoms with Gasteiger partial charge < -0.3 is 9.41 Å².